The highest BCUT2D eigenvalue weighted by molar-refractivity contribution is 5.19. The van der Waals surface area contributed by atoms with Crippen molar-refractivity contribution in [3.8, 4) is 0 Å². The molecule has 2 aromatic rings. The first kappa shape index (κ1) is 12.8. The van der Waals surface area contributed by atoms with Gasteiger partial charge >= 0.3 is 0 Å². The Morgan fingerprint density at radius 1 is 1.11 bits per heavy atom. The fourth-order valence-corrected chi connectivity index (χ4v) is 1.80. The zero-order valence-electron chi connectivity index (χ0n) is 11.5. The number of rotatable bonds is 3. The molecule has 0 bridgehead atoms. The topological polar surface area (TPSA) is 38.9 Å². The van der Waals surface area contributed by atoms with Crippen LogP contribution in [0.5, 0.6) is 0 Å². The third-order valence-corrected chi connectivity index (χ3v) is 2.96. The second kappa shape index (κ2) is 4.92. The van der Waals surface area contributed by atoms with E-state index < -0.39 is 0 Å². The van der Waals surface area contributed by atoms with Crippen molar-refractivity contribution in [1.29, 1.82) is 0 Å². The Kier molecular flexibility index (Phi) is 3.50. The molecule has 0 N–H and O–H groups in total. The van der Waals surface area contributed by atoms with E-state index in [4.69, 9.17) is 4.42 Å². The molecule has 1 aromatic carbocycles. The third-order valence-electron chi connectivity index (χ3n) is 2.96. The molecule has 0 radical (unpaired) electrons. The van der Waals surface area contributed by atoms with Gasteiger partial charge in [-0.2, -0.15) is 0 Å². The molecule has 0 fully saturated rings. The van der Waals surface area contributed by atoms with Gasteiger partial charge in [0, 0.05) is 11.8 Å². The summed E-state index contributed by atoms with van der Waals surface area (Å²) >= 11 is 0. The quantitative estimate of drug-likeness (QED) is 0.826. The summed E-state index contributed by atoms with van der Waals surface area (Å²) in [5.41, 5.74) is 1.22. The van der Waals surface area contributed by atoms with Crippen molar-refractivity contribution in [1.82, 2.24) is 10.2 Å². The van der Waals surface area contributed by atoms with E-state index in [1.165, 1.54) is 5.56 Å². The van der Waals surface area contributed by atoms with Gasteiger partial charge in [-0.1, -0.05) is 58.0 Å². The molecule has 0 amide bonds. The van der Waals surface area contributed by atoms with Crippen LogP contribution in [0.25, 0.3) is 0 Å². The molecule has 1 unspecified atom stereocenters. The lowest BCUT2D eigenvalue weighted by Gasteiger charge is -2.11. The Morgan fingerprint density at radius 3 is 2.33 bits per heavy atom. The number of benzene rings is 1. The van der Waals surface area contributed by atoms with Crippen molar-refractivity contribution in [3.05, 3.63) is 47.7 Å². The molecule has 0 spiro atoms. The molecule has 3 nitrogen and oxygen atoms in total. The van der Waals surface area contributed by atoms with E-state index in [-0.39, 0.29) is 5.41 Å². The number of aromatic nitrogens is 2. The highest BCUT2D eigenvalue weighted by Gasteiger charge is 2.22. The van der Waals surface area contributed by atoms with Gasteiger partial charge in [0.1, 0.15) is 0 Å². The summed E-state index contributed by atoms with van der Waals surface area (Å²) < 4.78 is 5.72. The first-order valence-electron chi connectivity index (χ1n) is 6.34. The molecule has 0 aliphatic heterocycles. The highest BCUT2D eigenvalue weighted by atomic mass is 16.4. The summed E-state index contributed by atoms with van der Waals surface area (Å²) in [7, 11) is 0. The Hall–Kier alpha value is -1.64. The maximum absolute atomic E-state index is 5.72. The van der Waals surface area contributed by atoms with Crippen LogP contribution < -0.4 is 0 Å². The number of hydrogen-bond acceptors (Lipinski definition) is 3. The van der Waals surface area contributed by atoms with Crippen LogP contribution in [-0.2, 0) is 11.8 Å². The Labute approximate surface area is 108 Å². The predicted molar refractivity (Wildman–Crippen MR) is 71.6 cm³/mol. The summed E-state index contributed by atoms with van der Waals surface area (Å²) in [6, 6.07) is 10.4. The van der Waals surface area contributed by atoms with Crippen LogP contribution in [-0.4, -0.2) is 10.2 Å². The van der Waals surface area contributed by atoms with E-state index in [1.54, 1.807) is 0 Å². The second-order valence-corrected chi connectivity index (χ2v) is 5.77. The van der Waals surface area contributed by atoms with Crippen LogP contribution in [0.1, 0.15) is 51.0 Å². The Balaban J connectivity index is 2.08. The molecule has 96 valence electrons. The zero-order valence-corrected chi connectivity index (χ0v) is 11.5. The van der Waals surface area contributed by atoms with E-state index in [9.17, 15) is 0 Å². The molecule has 0 saturated carbocycles. The fraction of sp³-hybridized carbons (Fsp3) is 0.467. The van der Waals surface area contributed by atoms with Crippen molar-refractivity contribution in [3.63, 3.8) is 0 Å². The van der Waals surface area contributed by atoms with E-state index in [1.807, 2.05) is 6.07 Å². The Morgan fingerprint density at radius 2 is 1.78 bits per heavy atom. The van der Waals surface area contributed by atoms with Gasteiger partial charge < -0.3 is 4.42 Å². The average Bonchev–Trinajstić information content (AvgIpc) is 2.78. The highest BCUT2D eigenvalue weighted by Crippen LogP contribution is 2.23. The number of nitrogens with zero attached hydrogens (tertiary/aromatic N) is 2. The molecule has 3 heteroatoms. The van der Waals surface area contributed by atoms with Gasteiger partial charge in [0.2, 0.25) is 11.8 Å². The minimum absolute atomic E-state index is 0.0821. The molecule has 1 heterocycles. The van der Waals surface area contributed by atoms with Gasteiger partial charge in [0.25, 0.3) is 0 Å². The van der Waals surface area contributed by atoms with Gasteiger partial charge in [-0.05, 0) is 11.5 Å². The van der Waals surface area contributed by atoms with Gasteiger partial charge in [-0.25, -0.2) is 0 Å². The van der Waals surface area contributed by atoms with Crippen LogP contribution in [0.15, 0.2) is 34.7 Å². The third kappa shape index (κ3) is 2.97. The molecule has 0 aliphatic carbocycles. The van der Waals surface area contributed by atoms with Crippen molar-refractivity contribution in [2.75, 3.05) is 0 Å². The van der Waals surface area contributed by atoms with E-state index >= 15 is 0 Å². The first-order valence-corrected chi connectivity index (χ1v) is 6.34. The largest absolute Gasteiger partial charge is 0.425 e. The van der Waals surface area contributed by atoms with Crippen molar-refractivity contribution in [2.24, 2.45) is 0 Å². The monoisotopic (exact) mass is 244 g/mol. The standard InChI is InChI=1S/C15H20N2O/c1-11(12-8-6-5-7-9-12)10-13-16-17-14(18-13)15(2,3)4/h5-9,11H,10H2,1-4H3. The summed E-state index contributed by atoms with van der Waals surface area (Å²) in [5.74, 6) is 1.81. The minimum atomic E-state index is -0.0821. The zero-order chi connectivity index (χ0) is 13.2. The normalized spacial score (nSPS) is 13.6. The fourth-order valence-electron chi connectivity index (χ4n) is 1.80. The molecule has 0 saturated heterocycles. The van der Waals surface area contributed by atoms with E-state index in [0.29, 0.717) is 11.8 Å². The molecule has 0 aliphatic rings. The van der Waals surface area contributed by atoms with E-state index in [0.717, 1.165) is 12.3 Å². The SMILES string of the molecule is CC(Cc1nnc(C(C)(C)C)o1)c1ccccc1. The first-order chi connectivity index (χ1) is 8.47. The second-order valence-electron chi connectivity index (χ2n) is 5.77. The lowest BCUT2D eigenvalue weighted by atomic mass is 9.97. The van der Waals surface area contributed by atoms with Crippen molar-refractivity contribution in [2.45, 2.75) is 45.4 Å². The predicted octanol–water partition coefficient (Wildman–Crippen LogP) is 3.71. The summed E-state index contributed by atoms with van der Waals surface area (Å²) in [4.78, 5) is 0. The van der Waals surface area contributed by atoms with Crippen LogP contribution in [0.3, 0.4) is 0 Å². The summed E-state index contributed by atoms with van der Waals surface area (Å²) in [6.45, 7) is 8.40. The molecule has 1 aromatic heterocycles. The van der Waals surface area contributed by atoms with Crippen molar-refractivity contribution < 1.29 is 4.42 Å². The average molecular weight is 244 g/mol. The van der Waals surface area contributed by atoms with Crippen LogP contribution in [0, 0.1) is 0 Å². The van der Waals surface area contributed by atoms with Crippen molar-refractivity contribution >= 4 is 0 Å². The molecule has 2 rings (SSSR count). The molecular formula is C15H20N2O. The Bertz CT molecular complexity index is 497. The summed E-state index contributed by atoms with van der Waals surface area (Å²) in [5, 5.41) is 8.25. The van der Waals surface area contributed by atoms with Crippen LogP contribution >= 0.6 is 0 Å². The van der Waals surface area contributed by atoms with Crippen LogP contribution in [0.4, 0.5) is 0 Å². The van der Waals surface area contributed by atoms with Gasteiger partial charge in [-0.15, -0.1) is 10.2 Å². The lowest BCUT2D eigenvalue weighted by molar-refractivity contribution is 0.367. The van der Waals surface area contributed by atoms with Gasteiger partial charge in [-0.3, -0.25) is 0 Å². The lowest BCUT2D eigenvalue weighted by Crippen LogP contribution is -2.11. The summed E-state index contributed by atoms with van der Waals surface area (Å²) in [6.07, 6.45) is 0.785. The smallest absolute Gasteiger partial charge is 0.221 e. The minimum Gasteiger partial charge on any atom is -0.425 e. The molecule has 18 heavy (non-hydrogen) atoms. The number of hydrogen-bond donors (Lipinski definition) is 0. The van der Waals surface area contributed by atoms with Crippen LogP contribution in [0.2, 0.25) is 0 Å². The van der Waals surface area contributed by atoms with Gasteiger partial charge in [0.05, 0.1) is 0 Å². The molecular weight excluding hydrogens is 224 g/mol. The van der Waals surface area contributed by atoms with E-state index in [2.05, 4.69) is 62.2 Å². The maximum Gasteiger partial charge on any atom is 0.221 e. The van der Waals surface area contributed by atoms with Gasteiger partial charge in [0.15, 0.2) is 0 Å². The maximum atomic E-state index is 5.72. The molecule has 1 atom stereocenters.